The summed E-state index contributed by atoms with van der Waals surface area (Å²) in [5.41, 5.74) is 2.70. The Hall–Kier alpha value is -2.38. The predicted octanol–water partition coefficient (Wildman–Crippen LogP) is 4.65. The Balaban J connectivity index is 1.77. The van der Waals surface area contributed by atoms with Gasteiger partial charge in [-0.05, 0) is 36.2 Å². The van der Waals surface area contributed by atoms with Crippen molar-refractivity contribution in [3.8, 4) is 5.69 Å². The number of thioether (sulfide) groups is 1. The summed E-state index contributed by atoms with van der Waals surface area (Å²) in [5, 5.41) is 8.71. The summed E-state index contributed by atoms with van der Waals surface area (Å²) in [5.74, 6) is 0.233. The zero-order chi connectivity index (χ0) is 19.7. The van der Waals surface area contributed by atoms with Crippen LogP contribution in [0.5, 0.6) is 0 Å². The van der Waals surface area contributed by atoms with E-state index < -0.39 is 0 Å². The van der Waals surface area contributed by atoms with E-state index in [0.717, 1.165) is 16.2 Å². The van der Waals surface area contributed by atoms with Crippen LogP contribution in [0.25, 0.3) is 5.69 Å². The first-order chi connectivity index (χ1) is 13.5. The number of aryl methyl sites for hydroxylation is 1. The monoisotopic (exact) mass is 416 g/mol. The lowest BCUT2D eigenvalue weighted by molar-refractivity contribution is -0.118. The lowest BCUT2D eigenvalue weighted by Crippen LogP contribution is -2.30. The zero-order valence-corrected chi connectivity index (χ0v) is 16.8. The summed E-state index contributed by atoms with van der Waals surface area (Å²) in [7, 11) is 0. The van der Waals surface area contributed by atoms with Crippen LogP contribution in [0.4, 0.5) is 10.1 Å². The molecule has 2 heterocycles. The van der Waals surface area contributed by atoms with Crippen LogP contribution in [-0.4, -0.2) is 26.7 Å². The number of anilines is 1. The molecule has 0 fully saturated rings. The van der Waals surface area contributed by atoms with Gasteiger partial charge in [0.1, 0.15) is 11.5 Å². The standard InChI is InChI=1S/C20H18ClFN4OS/c1-2-15-12-26(24-23-15)17-10-18-19(9-16(17)22)28-8-7-20(27)25(18)11-13-3-5-14(21)6-4-13/h3-6,9-10,12H,2,7-8,11H2,1H3. The molecule has 0 N–H and O–H groups in total. The van der Waals surface area contributed by atoms with Gasteiger partial charge >= 0.3 is 0 Å². The normalized spacial score (nSPS) is 14.1. The molecule has 0 atom stereocenters. The summed E-state index contributed by atoms with van der Waals surface area (Å²) in [6.45, 7) is 2.36. The quantitative estimate of drug-likeness (QED) is 0.621. The van der Waals surface area contributed by atoms with Crippen molar-refractivity contribution in [1.29, 1.82) is 0 Å². The summed E-state index contributed by atoms with van der Waals surface area (Å²) in [4.78, 5) is 15.2. The lowest BCUT2D eigenvalue weighted by atomic mass is 10.1. The molecule has 0 saturated carbocycles. The molecule has 4 rings (SSSR count). The molecule has 0 spiro atoms. The Kier molecular flexibility index (Phi) is 5.37. The largest absolute Gasteiger partial charge is 0.307 e. The summed E-state index contributed by atoms with van der Waals surface area (Å²) in [6.07, 6.45) is 2.82. The molecule has 1 aliphatic rings. The maximum atomic E-state index is 14.8. The molecule has 144 valence electrons. The molecule has 1 amide bonds. The molecule has 8 heteroatoms. The highest BCUT2D eigenvalue weighted by molar-refractivity contribution is 7.99. The maximum absolute atomic E-state index is 14.8. The number of fused-ring (bicyclic) bond motifs is 1. The molecule has 0 aliphatic carbocycles. The van der Waals surface area contributed by atoms with Gasteiger partial charge in [-0.15, -0.1) is 16.9 Å². The van der Waals surface area contributed by atoms with E-state index in [1.54, 1.807) is 29.3 Å². The first-order valence-corrected chi connectivity index (χ1v) is 10.3. The van der Waals surface area contributed by atoms with Crippen molar-refractivity contribution in [1.82, 2.24) is 15.0 Å². The SMILES string of the molecule is CCc1cn(-c2cc3c(cc2F)SCCC(=O)N3Cc2ccc(Cl)cc2)nn1. The van der Waals surface area contributed by atoms with E-state index >= 15 is 0 Å². The number of halogens is 2. The molecule has 5 nitrogen and oxygen atoms in total. The van der Waals surface area contributed by atoms with E-state index in [4.69, 9.17) is 11.6 Å². The van der Waals surface area contributed by atoms with Gasteiger partial charge in [-0.2, -0.15) is 0 Å². The lowest BCUT2D eigenvalue weighted by Gasteiger charge is -2.23. The Labute approximate surface area is 171 Å². The van der Waals surface area contributed by atoms with Gasteiger partial charge in [0.05, 0.1) is 24.1 Å². The van der Waals surface area contributed by atoms with E-state index in [0.29, 0.717) is 35.8 Å². The van der Waals surface area contributed by atoms with E-state index in [1.807, 2.05) is 19.1 Å². The molecule has 0 saturated heterocycles. The van der Waals surface area contributed by atoms with Crippen LogP contribution in [-0.2, 0) is 17.8 Å². The topological polar surface area (TPSA) is 51.0 Å². The second-order valence-electron chi connectivity index (χ2n) is 6.48. The summed E-state index contributed by atoms with van der Waals surface area (Å²) in [6, 6.07) is 10.5. The highest BCUT2D eigenvalue weighted by Crippen LogP contribution is 2.38. The van der Waals surface area contributed by atoms with Crippen LogP contribution in [0.2, 0.25) is 5.02 Å². The third-order valence-electron chi connectivity index (χ3n) is 4.60. The number of amides is 1. The number of rotatable bonds is 4. The highest BCUT2D eigenvalue weighted by Gasteiger charge is 2.25. The summed E-state index contributed by atoms with van der Waals surface area (Å²) < 4.78 is 16.2. The predicted molar refractivity (Wildman–Crippen MR) is 109 cm³/mol. The van der Waals surface area contributed by atoms with E-state index in [2.05, 4.69) is 10.3 Å². The van der Waals surface area contributed by atoms with Crippen molar-refractivity contribution in [3.05, 3.63) is 64.7 Å². The number of carbonyl (C=O) groups is 1. The minimum Gasteiger partial charge on any atom is -0.307 e. The van der Waals surface area contributed by atoms with Gasteiger partial charge in [-0.3, -0.25) is 4.79 Å². The first kappa shape index (κ1) is 19.0. The average Bonchev–Trinajstić information content (AvgIpc) is 3.11. The van der Waals surface area contributed by atoms with Crippen molar-refractivity contribution in [3.63, 3.8) is 0 Å². The van der Waals surface area contributed by atoms with Crippen LogP contribution < -0.4 is 4.90 Å². The molecule has 1 aliphatic heterocycles. The molecule has 2 aromatic carbocycles. The number of hydrogen-bond donors (Lipinski definition) is 0. The summed E-state index contributed by atoms with van der Waals surface area (Å²) >= 11 is 7.46. The van der Waals surface area contributed by atoms with Crippen molar-refractivity contribution >= 4 is 35.0 Å². The van der Waals surface area contributed by atoms with E-state index in [1.165, 1.54) is 22.5 Å². The minimum atomic E-state index is -0.389. The first-order valence-electron chi connectivity index (χ1n) is 8.98. The van der Waals surface area contributed by atoms with Gasteiger partial charge in [0, 0.05) is 22.1 Å². The van der Waals surface area contributed by atoms with Gasteiger partial charge in [0.25, 0.3) is 0 Å². The third-order valence-corrected chi connectivity index (χ3v) is 5.90. The number of nitrogens with zero attached hydrogens (tertiary/aromatic N) is 4. The number of hydrogen-bond acceptors (Lipinski definition) is 4. The van der Waals surface area contributed by atoms with Gasteiger partial charge in [0.2, 0.25) is 5.91 Å². The highest BCUT2D eigenvalue weighted by atomic mass is 35.5. The Morgan fingerprint density at radius 1 is 1.21 bits per heavy atom. The van der Waals surface area contributed by atoms with E-state index in [9.17, 15) is 9.18 Å². The molecule has 28 heavy (non-hydrogen) atoms. The minimum absolute atomic E-state index is 0.00611. The number of benzene rings is 2. The third kappa shape index (κ3) is 3.77. The van der Waals surface area contributed by atoms with Crippen LogP contribution >= 0.6 is 23.4 Å². The molecule has 1 aromatic heterocycles. The molecular formula is C20H18ClFN4OS. The van der Waals surface area contributed by atoms with Crippen LogP contribution in [0.15, 0.2) is 47.5 Å². The van der Waals surface area contributed by atoms with Gasteiger partial charge in [-0.25, -0.2) is 9.07 Å². The van der Waals surface area contributed by atoms with Crippen LogP contribution in [0.3, 0.4) is 0 Å². The molecule has 0 radical (unpaired) electrons. The Morgan fingerprint density at radius 3 is 2.71 bits per heavy atom. The smallest absolute Gasteiger partial charge is 0.228 e. The molecule has 0 bridgehead atoms. The van der Waals surface area contributed by atoms with Crippen LogP contribution in [0, 0.1) is 5.82 Å². The second kappa shape index (κ2) is 7.93. The maximum Gasteiger partial charge on any atom is 0.228 e. The Morgan fingerprint density at radius 2 is 2.00 bits per heavy atom. The zero-order valence-electron chi connectivity index (χ0n) is 15.2. The van der Waals surface area contributed by atoms with Gasteiger partial charge < -0.3 is 4.90 Å². The number of carbonyl (C=O) groups excluding carboxylic acids is 1. The van der Waals surface area contributed by atoms with Crippen LogP contribution in [0.1, 0.15) is 24.6 Å². The molecular weight excluding hydrogens is 399 g/mol. The fraction of sp³-hybridized carbons (Fsp3) is 0.250. The second-order valence-corrected chi connectivity index (χ2v) is 8.06. The van der Waals surface area contributed by atoms with Crippen molar-refractivity contribution in [2.75, 3.05) is 10.7 Å². The fourth-order valence-electron chi connectivity index (χ4n) is 3.08. The Bertz CT molecular complexity index is 1020. The number of aromatic nitrogens is 3. The molecule has 3 aromatic rings. The van der Waals surface area contributed by atoms with Crippen molar-refractivity contribution in [2.24, 2.45) is 0 Å². The van der Waals surface area contributed by atoms with Crippen molar-refractivity contribution < 1.29 is 9.18 Å². The fourth-order valence-corrected chi connectivity index (χ4v) is 4.20. The molecule has 0 unspecified atom stereocenters. The van der Waals surface area contributed by atoms with Crippen molar-refractivity contribution in [2.45, 2.75) is 31.2 Å². The van der Waals surface area contributed by atoms with Gasteiger partial charge in [0.15, 0.2) is 0 Å². The van der Waals surface area contributed by atoms with Gasteiger partial charge in [-0.1, -0.05) is 35.9 Å². The average molecular weight is 417 g/mol. The van der Waals surface area contributed by atoms with E-state index in [-0.39, 0.29) is 17.4 Å².